The lowest BCUT2D eigenvalue weighted by Gasteiger charge is -2.11. The molecule has 0 aliphatic carbocycles. The van der Waals surface area contributed by atoms with Crippen molar-refractivity contribution in [1.82, 2.24) is 9.97 Å². The molecule has 94 valence electrons. The molecular formula is C13H15BrN4. The minimum Gasteiger partial charge on any atom is -0.383 e. The van der Waals surface area contributed by atoms with E-state index >= 15 is 0 Å². The Balaban J connectivity index is 2.10. The number of nitrogen functional groups attached to an aromatic ring is 1. The molecule has 0 amide bonds. The van der Waals surface area contributed by atoms with Crippen LogP contribution in [0.15, 0.2) is 35.1 Å². The Labute approximate surface area is 115 Å². The molecule has 0 bridgehead atoms. The fourth-order valence-electron chi connectivity index (χ4n) is 1.71. The van der Waals surface area contributed by atoms with Crippen molar-refractivity contribution in [1.29, 1.82) is 0 Å². The number of hydrogen-bond acceptors (Lipinski definition) is 4. The van der Waals surface area contributed by atoms with Crippen molar-refractivity contribution in [2.75, 3.05) is 11.1 Å². The normalized spacial score (nSPS) is 10.3. The molecule has 3 N–H and O–H groups in total. The van der Waals surface area contributed by atoms with Gasteiger partial charge in [-0.1, -0.05) is 35.0 Å². The largest absolute Gasteiger partial charge is 0.383 e. The van der Waals surface area contributed by atoms with Gasteiger partial charge in [-0.15, -0.1) is 0 Å². The smallest absolute Gasteiger partial charge is 0.134 e. The summed E-state index contributed by atoms with van der Waals surface area (Å²) in [7, 11) is 0. The molecule has 1 aromatic carbocycles. The molecule has 18 heavy (non-hydrogen) atoms. The van der Waals surface area contributed by atoms with Crippen LogP contribution in [0.25, 0.3) is 0 Å². The first-order valence-electron chi connectivity index (χ1n) is 5.78. The second kappa shape index (κ2) is 5.82. The average molecular weight is 307 g/mol. The molecule has 0 fully saturated rings. The standard InChI is InChI=1S/C13H15BrN4/c1-2-11-12(15)17-8-18-13(11)16-7-9-3-5-10(14)6-4-9/h3-6,8H,2,7H2,1H3,(H3,15,16,17,18). The minimum atomic E-state index is 0.547. The molecule has 1 heterocycles. The van der Waals surface area contributed by atoms with Crippen LogP contribution in [0.4, 0.5) is 11.6 Å². The number of nitrogens with one attached hydrogen (secondary N) is 1. The monoisotopic (exact) mass is 306 g/mol. The predicted molar refractivity (Wildman–Crippen MR) is 77.3 cm³/mol. The molecule has 0 radical (unpaired) electrons. The SMILES string of the molecule is CCc1c(N)ncnc1NCc1ccc(Br)cc1. The number of aromatic nitrogens is 2. The van der Waals surface area contributed by atoms with E-state index in [2.05, 4.69) is 43.3 Å². The topological polar surface area (TPSA) is 63.8 Å². The van der Waals surface area contributed by atoms with Crippen LogP contribution < -0.4 is 11.1 Å². The van der Waals surface area contributed by atoms with Gasteiger partial charge in [-0.3, -0.25) is 0 Å². The zero-order valence-electron chi connectivity index (χ0n) is 10.2. The first kappa shape index (κ1) is 12.8. The van der Waals surface area contributed by atoms with Crippen molar-refractivity contribution in [3.63, 3.8) is 0 Å². The highest BCUT2D eigenvalue weighted by atomic mass is 79.9. The summed E-state index contributed by atoms with van der Waals surface area (Å²) < 4.78 is 1.08. The maximum atomic E-state index is 5.82. The van der Waals surface area contributed by atoms with Crippen LogP contribution in [-0.2, 0) is 13.0 Å². The van der Waals surface area contributed by atoms with Crippen LogP contribution >= 0.6 is 15.9 Å². The van der Waals surface area contributed by atoms with Gasteiger partial charge < -0.3 is 11.1 Å². The Morgan fingerprint density at radius 3 is 2.61 bits per heavy atom. The van der Waals surface area contributed by atoms with Gasteiger partial charge in [0.05, 0.1) is 0 Å². The molecule has 0 aliphatic heterocycles. The number of anilines is 2. The third-order valence-electron chi connectivity index (χ3n) is 2.71. The van der Waals surface area contributed by atoms with Gasteiger partial charge in [0.25, 0.3) is 0 Å². The van der Waals surface area contributed by atoms with E-state index in [0.717, 1.165) is 28.8 Å². The van der Waals surface area contributed by atoms with E-state index in [9.17, 15) is 0 Å². The van der Waals surface area contributed by atoms with Crippen LogP contribution in [-0.4, -0.2) is 9.97 Å². The zero-order valence-corrected chi connectivity index (χ0v) is 11.7. The summed E-state index contributed by atoms with van der Waals surface area (Å²) >= 11 is 3.42. The summed E-state index contributed by atoms with van der Waals surface area (Å²) in [6, 6.07) is 8.17. The lowest BCUT2D eigenvalue weighted by atomic mass is 10.2. The number of hydrogen-bond donors (Lipinski definition) is 2. The molecule has 0 unspecified atom stereocenters. The van der Waals surface area contributed by atoms with Gasteiger partial charge >= 0.3 is 0 Å². The Bertz CT molecular complexity index is 525. The molecular weight excluding hydrogens is 292 g/mol. The van der Waals surface area contributed by atoms with Crippen molar-refractivity contribution < 1.29 is 0 Å². The van der Waals surface area contributed by atoms with E-state index in [0.29, 0.717) is 5.82 Å². The van der Waals surface area contributed by atoms with Gasteiger partial charge in [0.2, 0.25) is 0 Å². The van der Waals surface area contributed by atoms with Crippen molar-refractivity contribution in [3.05, 3.63) is 46.2 Å². The number of benzene rings is 1. The molecule has 4 nitrogen and oxygen atoms in total. The van der Waals surface area contributed by atoms with Crippen molar-refractivity contribution in [2.45, 2.75) is 19.9 Å². The van der Waals surface area contributed by atoms with E-state index in [1.807, 2.05) is 19.1 Å². The van der Waals surface area contributed by atoms with Crippen molar-refractivity contribution >= 4 is 27.6 Å². The summed E-state index contributed by atoms with van der Waals surface area (Å²) in [5.74, 6) is 1.36. The van der Waals surface area contributed by atoms with Gasteiger partial charge in [-0.25, -0.2) is 9.97 Å². The molecule has 0 saturated heterocycles. The lowest BCUT2D eigenvalue weighted by Crippen LogP contribution is -2.07. The van der Waals surface area contributed by atoms with Gasteiger partial charge in [0.1, 0.15) is 18.0 Å². The third-order valence-corrected chi connectivity index (χ3v) is 3.23. The van der Waals surface area contributed by atoms with E-state index in [4.69, 9.17) is 5.73 Å². The van der Waals surface area contributed by atoms with E-state index in [1.165, 1.54) is 11.9 Å². The predicted octanol–water partition coefficient (Wildman–Crippen LogP) is 3.00. The highest BCUT2D eigenvalue weighted by Gasteiger charge is 2.06. The number of nitrogens with zero attached hydrogens (tertiary/aromatic N) is 2. The summed E-state index contributed by atoms with van der Waals surface area (Å²) in [6.07, 6.45) is 2.30. The van der Waals surface area contributed by atoms with Crippen LogP contribution in [0.5, 0.6) is 0 Å². The van der Waals surface area contributed by atoms with Gasteiger partial charge in [0.15, 0.2) is 0 Å². The maximum absolute atomic E-state index is 5.82. The molecule has 5 heteroatoms. The molecule has 0 aliphatic rings. The minimum absolute atomic E-state index is 0.547. The molecule has 0 atom stereocenters. The first-order valence-corrected chi connectivity index (χ1v) is 6.57. The number of rotatable bonds is 4. The maximum Gasteiger partial charge on any atom is 0.134 e. The van der Waals surface area contributed by atoms with E-state index < -0.39 is 0 Å². The van der Waals surface area contributed by atoms with Crippen LogP contribution in [0.2, 0.25) is 0 Å². The summed E-state index contributed by atoms with van der Waals surface area (Å²) in [4.78, 5) is 8.23. The molecule has 2 rings (SSSR count). The quantitative estimate of drug-likeness (QED) is 0.911. The average Bonchev–Trinajstić information content (AvgIpc) is 2.38. The fourth-order valence-corrected chi connectivity index (χ4v) is 1.98. The summed E-state index contributed by atoms with van der Waals surface area (Å²) in [5.41, 5.74) is 7.98. The zero-order chi connectivity index (χ0) is 13.0. The van der Waals surface area contributed by atoms with Crippen molar-refractivity contribution in [3.8, 4) is 0 Å². The Kier molecular flexibility index (Phi) is 4.15. The van der Waals surface area contributed by atoms with Crippen molar-refractivity contribution in [2.24, 2.45) is 0 Å². The van der Waals surface area contributed by atoms with E-state index in [-0.39, 0.29) is 0 Å². The summed E-state index contributed by atoms with van der Waals surface area (Å²) in [5, 5.41) is 3.29. The second-order valence-electron chi connectivity index (χ2n) is 3.92. The second-order valence-corrected chi connectivity index (χ2v) is 4.84. The number of halogens is 1. The first-order chi connectivity index (χ1) is 8.70. The Hall–Kier alpha value is -1.62. The third kappa shape index (κ3) is 2.98. The molecule has 2 aromatic rings. The highest BCUT2D eigenvalue weighted by molar-refractivity contribution is 9.10. The molecule has 0 spiro atoms. The fraction of sp³-hybridized carbons (Fsp3) is 0.231. The van der Waals surface area contributed by atoms with Gasteiger partial charge in [-0.2, -0.15) is 0 Å². The molecule has 0 saturated carbocycles. The highest BCUT2D eigenvalue weighted by Crippen LogP contribution is 2.18. The molecule has 1 aromatic heterocycles. The Morgan fingerprint density at radius 1 is 1.22 bits per heavy atom. The Morgan fingerprint density at radius 2 is 1.94 bits per heavy atom. The van der Waals surface area contributed by atoms with Gasteiger partial charge in [-0.05, 0) is 24.1 Å². The van der Waals surface area contributed by atoms with Crippen LogP contribution in [0.1, 0.15) is 18.1 Å². The van der Waals surface area contributed by atoms with Crippen LogP contribution in [0, 0.1) is 0 Å². The van der Waals surface area contributed by atoms with E-state index in [1.54, 1.807) is 0 Å². The van der Waals surface area contributed by atoms with Crippen LogP contribution in [0.3, 0.4) is 0 Å². The van der Waals surface area contributed by atoms with Gasteiger partial charge in [0, 0.05) is 16.6 Å². The lowest BCUT2D eigenvalue weighted by molar-refractivity contribution is 1.02. The summed E-state index contributed by atoms with van der Waals surface area (Å²) in [6.45, 7) is 2.76. The number of nitrogens with two attached hydrogens (primary N) is 1.